The van der Waals surface area contributed by atoms with Gasteiger partial charge in [-0.1, -0.05) is 36.4 Å². The monoisotopic (exact) mass is 264 g/mol. The summed E-state index contributed by atoms with van der Waals surface area (Å²) >= 11 is 0. The lowest BCUT2D eigenvalue weighted by Gasteiger charge is -2.14. The van der Waals surface area contributed by atoms with Crippen molar-refractivity contribution in [1.29, 1.82) is 0 Å². The van der Waals surface area contributed by atoms with Crippen LogP contribution in [-0.4, -0.2) is 10.9 Å². The van der Waals surface area contributed by atoms with E-state index in [1.807, 2.05) is 67.7 Å². The molecule has 100 valence electrons. The van der Waals surface area contributed by atoms with E-state index < -0.39 is 0 Å². The van der Waals surface area contributed by atoms with Gasteiger partial charge < -0.3 is 10.3 Å². The third-order valence-corrected chi connectivity index (χ3v) is 3.46. The van der Waals surface area contributed by atoms with E-state index >= 15 is 0 Å². The predicted molar refractivity (Wildman–Crippen MR) is 80.6 cm³/mol. The fraction of sp³-hybridized carbons (Fsp3) is 0.118. The summed E-state index contributed by atoms with van der Waals surface area (Å²) in [5, 5.41) is 4.13. The number of carbonyl (C=O) groups is 1. The van der Waals surface area contributed by atoms with Crippen molar-refractivity contribution in [2.24, 2.45) is 0 Å². The molecule has 0 saturated heterocycles. The van der Waals surface area contributed by atoms with Crippen LogP contribution in [0.25, 0.3) is 10.9 Å². The van der Waals surface area contributed by atoms with E-state index in [9.17, 15) is 4.79 Å². The Balaban J connectivity index is 1.78. The first-order valence-corrected chi connectivity index (χ1v) is 6.67. The van der Waals surface area contributed by atoms with Gasteiger partial charge in [0.1, 0.15) is 0 Å². The van der Waals surface area contributed by atoms with Crippen molar-refractivity contribution >= 4 is 16.8 Å². The average molecular weight is 264 g/mol. The molecule has 0 radical (unpaired) electrons. The lowest BCUT2D eigenvalue weighted by atomic mass is 10.1. The Morgan fingerprint density at radius 2 is 1.90 bits per heavy atom. The van der Waals surface area contributed by atoms with Crippen molar-refractivity contribution in [3.05, 3.63) is 71.9 Å². The highest BCUT2D eigenvalue weighted by molar-refractivity contribution is 5.98. The van der Waals surface area contributed by atoms with E-state index in [4.69, 9.17) is 0 Å². The first-order valence-electron chi connectivity index (χ1n) is 6.67. The molecule has 3 nitrogen and oxygen atoms in total. The van der Waals surface area contributed by atoms with Crippen LogP contribution in [0.1, 0.15) is 28.9 Å². The Hall–Kier alpha value is -2.55. The van der Waals surface area contributed by atoms with Crippen LogP contribution in [0.2, 0.25) is 0 Å². The molecule has 1 amide bonds. The molecule has 1 atom stereocenters. The molecule has 3 heteroatoms. The second-order valence-electron chi connectivity index (χ2n) is 4.89. The Morgan fingerprint density at radius 1 is 1.10 bits per heavy atom. The van der Waals surface area contributed by atoms with Crippen molar-refractivity contribution in [2.75, 3.05) is 0 Å². The number of H-pyrrole nitrogens is 1. The number of aromatic nitrogens is 1. The molecule has 0 saturated carbocycles. The van der Waals surface area contributed by atoms with Crippen LogP contribution in [0.3, 0.4) is 0 Å². The third-order valence-electron chi connectivity index (χ3n) is 3.46. The third kappa shape index (κ3) is 2.43. The standard InChI is InChI=1S/C17H16N2O/c1-12(13-5-3-2-4-6-13)19-17(20)15-8-7-14-9-10-18-16(14)11-15/h2-12,18H,1H3,(H,19,20)/t12-/m0/s1. The van der Waals surface area contributed by atoms with Gasteiger partial charge >= 0.3 is 0 Å². The molecule has 1 aromatic heterocycles. The number of carbonyl (C=O) groups excluding carboxylic acids is 1. The maximum atomic E-state index is 12.3. The van der Waals surface area contributed by atoms with E-state index in [0.29, 0.717) is 5.56 Å². The Morgan fingerprint density at radius 3 is 2.70 bits per heavy atom. The fourth-order valence-corrected chi connectivity index (χ4v) is 2.29. The number of hydrogen-bond donors (Lipinski definition) is 2. The summed E-state index contributed by atoms with van der Waals surface area (Å²) in [4.78, 5) is 15.4. The van der Waals surface area contributed by atoms with Crippen molar-refractivity contribution in [3.63, 3.8) is 0 Å². The molecule has 0 bridgehead atoms. The number of rotatable bonds is 3. The summed E-state index contributed by atoms with van der Waals surface area (Å²) in [7, 11) is 0. The van der Waals surface area contributed by atoms with Gasteiger partial charge in [-0.3, -0.25) is 4.79 Å². The van der Waals surface area contributed by atoms with Gasteiger partial charge in [-0.05, 0) is 36.1 Å². The van der Waals surface area contributed by atoms with Crippen LogP contribution in [0.4, 0.5) is 0 Å². The van der Waals surface area contributed by atoms with E-state index in [0.717, 1.165) is 16.5 Å². The molecule has 3 rings (SSSR count). The van der Waals surface area contributed by atoms with Gasteiger partial charge in [0, 0.05) is 17.3 Å². The normalized spacial score (nSPS) is 12.2. The number of fused-ring (bicyclic) bond motifs is 1. The Kier molecular flexibility index (Phi) is 3.25. The topological polar surface area (TPSA) is 44.9 Å². The minimum Gasteiger partial charge on any atom is -0.361 e. The molecular weight excluding hydrogens is 248 g/mol. The predicted octanol–water partition coefficient (Wildman–Crippen LogP) is 3.66. The highest BCUT2D eigenvalue weighted by Gasteiger charge is 2.11. The molecule has 2 aromatic carbocycles. The number of aromatic amines is 1. The summed E-state index contributed by atoms with van der Waals surface area (Å²) in [5.41, 5.74) is 2.74. The fourth-order valence-electron chi connectivity index (χ4n) is 2.29. The van der Waals surface area contributed by atoms with Gasteiger partial charge in [0.05, 0.1) is 6.04 Å². The molecule has 2 N–H and O–H groups in total. The van der Waals surface area contributed by atoms with E-state index in [-0.39, 0.29) is 11.9 Å². The molecule has 1 heterocycles. The van der Waals surface area contributed by atoms with Crippen LogP contribution < -0.4 is 5.32 Å². The summed E-state index contributed by atoms with van der Waals surface area (Å²) < 4.78 is 0. The van der Waals surface area contributed by atoms with Crippen LogP contribution >= 0.6 is 0 Å². The number of amides is 1. The van der Waals surface area contributed by atoms with Crippen LogP contribution in [0, 0.1) is 0 Å². The number of hydrogen-bond acceptors (Lipinski definition) is 1. The maximum Gasteiger partial charge on any atom is 0.251 e. The van der Waals surface area contributed by atoms with Gasteiger partial charge in [-0.25, -0.2) is 0 Å². The summed E-state index contributed by atoms with van der Waals surface area (Å²) in [6.07, 6.45) is 1.87. The minimum absolute atomic E-state index is 0.0111. The molecular formula is C17H16N2O. The largest absolute Gasteiger partial charge is 0.361 e. The quantitative estimate of drug-likeness (QED) is 0.745. The maximum absolute atomic E-state index is 12.3. The second-order valence-corrected chi connectivity index (χ2v) is 4.89. The van der Waals surface area contributed by atoms with Gasteiger partial charge in [0.25, 0.3) is 5.91 Å². The zero-order valence-electron chi connectivity index (χ0n) is 11.3. The van der Waals surface area contributed by atoms with Crippen molar-refractivity contribution < 1.29 is 4.79 Å². The molecule has 3 aromatic rings. The van der Waals surface area contributed by atoms with Crippen LogP contribution in [0.5, 0.6) is 0 Å². The van der Waals surface area contributed by atoms with Gasteiger partial charge in [0.15, 0.2) is 0 Å². The summed E-state index contributed by atoms with van der Waals surface area (Å²) in [6, 6.07) is 17.6. The first kappa shape index (κ1) is 12.5. The van der Waals surface area contributed by atoms with E-state index in [1.54, 1.807) is 0 Å². The summed E-state index contributed by atoms with van der Waals surface area (Å²) in [6.45, 7) is 1.99. The average Bonchev–Trinajstić information content (AvgIpc) is 2.95. The summed E-state index contributed by atoms with van der Waals surface area (Å²) in [5.74, 6) is -0.0575. The van der Waals surface area contributed by atoms with Crippen molar-refractivity contribution in [3.8, 4) is 0 Å². The van der Waals surface area contributed by atoms with Crippen LogP contribution in [-0.2, 0) is 0 Å². The second kappa shape index (κ2) is 5.21. The smallest absolute Gasteiger partial charge is 0.251 e. The van der Waals surface area contributed by atoms with Gasteiger partial charge in [0.2, 0.25) is 0 Å². The van der Waals surface area contributed by atoms with Crippen LogP contribution in [0.15, 0.2) is 60.8 Å². The SMILES string of the molecule is C[C@H](NC(=O)c1ccc2cc[nH]c2c1)c1ccccc1. The molecule has 0 fully saturated rings. The zero-order valence-corrected chi connectivity index (χ0v) is 11.3. The lowest BCUT2D eigenvalue weighted by molar-refractivity contribution is 0.0940. The zero-order chi connectivity index (χ0) is 13.9. The molecule has 0 aliphatic carbocycles. The Bertz CT molecular complexity index is 731. The van der Waals surface area contributed by atoms with E-state index in [2.05, 4.69) is 10.3 Å². The highest BCUT2D eigenvalue weighted by atomic mass is 16.1. The molecule has 20 heavy (non-hydrogen) atoms. The number of nitrogens with one attached hydrogen (secondary N) is 2. The van der Waals surface area contributed by atoms with Gasteiger partial charge in [-0.2, -0.15) is 0 Å². The minimum atomic E-state index is -0.0575. The van der Waals surface area contributed by atoms with E-state index in [1.165, 1.54) is 0 Å². The number of benzene rings is 2. The molecule has 0 spiro atoms. The highest BCUT2D eigenvalue weighted by Crippen LogP contribution is 2.16. The lowest BCUT2D eigenvalue weighted by Crippen LogP contribution is -2.26. The first-order chi connectivity index (χ1) is 9.74. The Labute approximate surface area is 117 Å². The van der Waals surface area contributed by atoms with Crippen molar-refractivity contribution in [2.45, 2.75) is 13.0 Å². The van der Waals surface area contributed by atoms with Gasteiger partial charge in [-0.15, -0.1) is 0 Å². The molecule has 0 aliphatic rings. The van der Waals surface area contributed by atoms with Crippen molar-refractivity contribution in [1.82, 2.24) is 10.3 Å². The molecule has 0 unspecified atom stereocenters. The molecule has 0 aliphatic heterocycles.